The van der Waals surface area contributed by atoms with Crippen molar-refractivity contribution in [3.8, 4) is 0 Å². The number of carbonyl (C=O) groups excluding carboxylic acids is 1. The van der Waals surface area contributed by atoms with E-state index in [0.717, 1.165) is 57.1 Å². The van der Waals surface area contributed by atoms with Crippen LogP contribution in [0.25, 0.3) is 0 Å². The van der Waals surface area contributed by atoms with E-state index in [0.29, 0.717) is 5.92 Å². The minimum absolute atomic E-state index is 0.0835. The molecule has 4 nitrogen and oxygen atoms in total. The van der Waals surface area contributed by atoms with E-state index in [2.05, 4.69) is 30.1 Å². The van der Waals surface area contributed by atoms with Gasteiger partial charge >= 0.3 is 6.03 Å². The van der Waals surface area contributed by atoms with E-state index in [4.69, 9.17) is 11.6 Å². The molecule has 1 aliphatic rings. The number of hydrogen-bond acceptors (Lipinski definition) is 2. The molecule has 0 aromatic heterocycles. The molecule has 1 aromatic rings. The van der Waals surface area contributed by atoms with Crippen molar-refractivity contribution in [3.63, 3.8) is 0 Å². The Kier molecular flexibility index (Phi) is 7.18. The summed E-state index contributed by atoms with van der Waals surface area (Å²) in [6.07, 6.45) is 2.03. The van der Waals surface area contributed by atoms with Gasteiger partial charge in [0.05, 0.1) is 0 Å². The van der Waals surface area contributed by atoms with Gasteiger partial charge in [-0.2, -0.15) is 0 Å². The van der Waals surface area contributed by atoms with Crippen LogP contribution in [0.15, 0.2) is 24.3 Å². The summed E-state index contributed by atoms with van der Waals surface area (Å²) in [7, 11) is 0. The molecule has 0 bridgehead atoms. The molecule has 0 radical (unpaired) electrons. The van der Waals surface area contributed by atoms with Crippen LogP contribution in [-0.2, 0) is 6.42 Å². The first-order valence-electron chi connectivity index (χ1n) is 8.54. The molecule has 128 valence electrons. The summed E-state index contributed by atoms with van der Waals surface area (Å²) >= 11 is 6.02. The summed E-state index contributed by atoms with van der Waals surface area (Å²) in [5.41, 5.74) is 1.27. The van der Waals surface area contributed by atoms with Gasteiger partial charge in [0.1, 0.15) is 0 Å². The highest BCUT2D eigenvalue weighted by Crippen LogP contribution is 2.12. The van der Waals surface area contributed by atoms with Crippen molar-refractivity contribution < 1.29 is 4.79 Å². The molecule has 1 aliphatic heterocycles. The van der Waals surface area contributed by atoms with E-state index in [-0.39, 0.29) is 6.03 Å². The molecule has 0 spiro atoms. The predicted molar refractivity (Wildman–Crippen MR) is 96.0 cm³/mol. The average molecular weight is 338 g/mol. The maximum Gasteiger partial charge on any atom is 0.317 e. The van der Waals surface area contributed by atoms with Crippen LogP contribution in [0, 0.1) is 5.92 Å². The van der Waals surface area contributed by atoms with Crippen LogP contribution in [0.4, 0.5) is 4.79 Å². The van der Waals surface area contributed by atoms with Gasteiger partial charge in [-0.3, -0.25) is 4.90 Å². The van der Waals surface area contributed by atoms with Crippen molar-refractivity contribution >= 4 is 17.6 Å². The maximum atomic E-state index is 12.1. The Balaban J connectivity index is 1.66. The summed E-state index contributed by atoms with van der Waals surface area (Å²) in [5.74, 6) is 0.624. The van der Waals surface area contributed by atoms with Crippen LogP contribution < -0.4 is 5.32 Å². The van der Waals surface area contributed by atoms with Crippen molar-refractivity contribution in [3.05, 3.63) is 34.9 Å². The van der Waals surface area contributed by atoms with Crippen molar-refractivity contribution in [2.24, 2.45) is 5.92 Å². The average Bonchev–Trinajstić information content (AvgIpc) is 2.53. The zero-order chi connectivity index (χ0) is 16.7. The van der Waals surface area contributed by atoms with Crippen molar-refractivity contribution in [1.29, 1.82) is 0 Å². The van der Waals surface area contributed by atoms with Crippen molar-refractivity contribution in [1.82, 2.24) is 15.1 Å². The number of nitrogens with one attached hydrogen (secondary N) is 1. The summed E-state index contributed by atoms with van der Waals surface area (Å²) in [6, 6.07) is 8.13. The monoisotopic (exact) mass is 337 g/mol. The zero-order valence-electron chi connectivity index (χ0n) is 14.2. The first kappa shape index (κ1) is 18.1. The minimum atomic E-state index is 0.0835. The number of benzene rings is 1. The zero-order valence-corrected chi connectivity index (χ0v) is 15.0. The molecule has 5 heteroatoms. The normalized spacial score (nSPS) is 15.9. The highest BCUT2D eigenvalue weighted by Gasteiger charge is 2.20. The summed E-state index contributed by atoms with van der Waals surface area (Å²) in [6.45, 7) is 9.63. The Bertz CT molecular complexity index is 499. The van der Waals surface area contributed by atoms with Crippen LogP contribution in [0.3, 0.4) is 0 Å². The second-order valence-electron chi connectivity index (χ2n) is 6.62. The summed E-state index contributed by atoms with van der Waals surface area (Å²) in [5, 5.41) is 3.81. The fourth-order valence-corrected chi connectivity index (χ4v) is 2.95. The minimum Gasteiger partial charge on any atom is -0.338 e. The highest BCUT2D eigenvalue weighted by atomic mass is 35.5. The molecule has 1 fully saturated rings. The molecule has 2 amide bonds. The highest BCUT2D eigenvalue weighted by molar-refractivity contribution is 6.30. The molecule has 0 unspecified atom stereocenters. The summed E-state index contributed by atoms with van der Waals surface area (Å²) in [4.78, 5) is 16.4. The first-order valence-corrected chi connectivity index (χ1v) is 8.92. The smallest absolute Gasteiger partial charge is 0.317 e. The predicted octanol–water partition coefficient (Wildman–Crippen LogP) is 3.26. The Morgan fingerprint density at radius 3 is 2.65 bits per heavy atom. The molecule has 1 heterocycles. The molecule has 0 aliphatic carbocycles. The van der Waals surface area contributed by atoms with Crippen LogP contribution in [0.5, 0.6) is 0 Å². The maximum absolute atomic E-state index is 12.1. The number of hydrogen-bond donors (Lipinski definition) is 1. The molecular weight excluding hydrogens is 310 g/mol. The van der Waals surface area contributed by atoms with E-state index >= 15 is 0 Å². The first-order chi connectivity index (χ1) is 11.0. The number of carbonyl (C=O) groups is 1. The van der Waals surface area contributed by atoms with Crippen molar-refractivity contribution in [2.75, 3.05) is 39.3 Å². The second kappa shape index (κ2) is 9.14. The molecule has 1 saturated heterocycles. The molecule has 2 rings (SSSR count). The topological polar surface area (TPSA) is 35.6 Å². The van der Waals surface area contributed by atoms with Gasteiger partial charge in [-0.1, -0.05) is 37.6 Å². The van der Waals surface area contributed by atoms with Gasteiger partial charge in [-0.25, -0.2) is 4.79 Å². The van der Waals surface area contributed by atoms with Crippen molar-refractivity contribution in [2.45, 2.75) is 26.7 Å². The number of amides is 2. The van der Waals surface area contributed by atoms with Gasteiger partial charge in [0.15, 0.2) is 0 Å². The van der Waals surface area contributed by atoms with E-state index in [1.54, 1.807) is 0 Å². The number of rotatable bonds is 6. The number of nitrogens with zero attached hydrogens (tertiary/aromatic N) is 2. The third-order valence-electron chi connectivity index (χ3n) is 4.26. The SMILES string of the molecule is CC(C)CCNC(=O)N1CCN(CCc2cccc(Cl)c2)CC1. The van der Waals surface area contributed by atoms with E-state index in [9.17, 15) is 4.79 Å². The quantitative estimate of drug-likeness (QED) is 0.864. The van der Waals surface area contributed by atoms with Gasteiger partial charge in [0.2, 0.25) is 0 Å². The van der Waals surface area contributed by atoms with E-state index < -0.39 is 0 Å². The number of urea groups is 1. The van der Waals surface area contributed by atoms with Gasteiger partial charge < -0.3 is 10.2 Å². The van der Waals surface area contributed by atoms with Crippen LogP contribution >= 0.6 is 11.6 Å². The molecule has 23 heavy (non-hydrogen) atoms. The third-order valence-corrected chi connectivity index (χ3v) is 4.50. The van der Waals surface area contributed by atoms with Crippen LogP contribution in [-0.4, -0.2) is 55.1 Å². The Hall–Kier alpha value is -1.26. The fraction of sp³-hybridized carbons (Fsp3) is 0.611. The largest absolute Gasteiger partial charge is 0.338 e. The third kappa shape index (κ3) is 6.40. The Labute approximate surface area is 144 Å². The lowest BCUT2D eigenvalue weighted by Gasteiger charge is -2.34. The van der Waals surface area contributed by atoms with Gasteiger partial charge in [-0.05, 0) is 36.5 Å². The van der Waals surface area contributed by atoms with Gasteiger partial charge in [0, 0.05) is 44.3 Å². The molecule has 0 atom stereocenters. The molecule has 1 aromatic carbocycles. The second-order valence-corrected chi connectivity index (χ2v) is 7.06. The van der Waals surface area contributed by atoms with Crippen LogP contribution in [0.2, 0.25) is 5.02 Å². The van der Waals surface area contributed by atoms with Crippen LogP contribution in [0.1, 0.15) is 25.8 Å². The Morgan fingerprint density at radius 1 is 1.26 bits per heavy atom. The Morgan fingerprint density at radius 2 is 2.00 bits per heavy atom. The van der Waals surface area contributed by atoms with E-state index in [1.807, 2.05) is 23.1 Å². The fourth-order valence-electron chi connectivity index (χ4n) is 2.73. The number of halogens is 1. The standard InChI is InChI=1S/C18H28ClN3O/c1-15(2)6-8-20-18(23)22-12-10-21(11-13-22)9-7-16-4-3-5-17(19)14-16/h3-5,14-15H,6-13H2,1-2H3,(H,20,23). The summed E-state index contributed by atoms with van der Waals surface area (Å²) < 4.78 is 0. The van der Waals surface area contributed by atoms with Gasteiger partial charge in [0.25, 0.3) is 0 Å². The molecular formula is C18H28ClN3O. The molecule has 0 saturated carbocycles. The lowest BCUT2D eigenvalue weighted by atomic mass is 10.1. The number of piperazine rings is 1. The lowest BCUT2D eigenvalue weighted by Crippen LogP contribution is -2.52. The van der Waals surface area contributed by atoms with E-state index in [1.165, 1.54) is 5.56 Å². The van der Waals surface area contributed by atoms with Gasteiger partial charge in [-0.15, -0.1) is 0 Å². The lowest BCUT2D eigenvalue weighted by molar-refractivity contribution is 0.140. The molecule has 1 N–H and O–H groups in total.